The van der Waals surface area contributed by atoms with Crippen molar-refractivity contribution in [2.45, 2.75) is 0 Å². The van der Waals surface area contributed by atoms with Crippen LogP contribution in [0.3, 0.4) is 0 Å². The number of benzene rings is 2. The van der Waals surface area contributed by atoms with E-state index in [-0.39, 0.29) is 11.1 Å². The van der Waals surface area contributed by atoms with Crippen molar-refractivity contribution < 1.29 is 19.1 Å². The molecule has 1 aliphatic rings. The number of pyridine rings is 1. The molecule has 0 saturated heterocycles. The lowest BCUT2D eigenvalue weighted by Gasteiger charge is -2.18. The van der Waals surface area contributed by atoms with E-state index in [1.165, 1.54) is 20.4 Å². The summed E-state index contributed by atoms with van der Waals surface area (Å²) in [6.45, 7) is 0. The Morgan fingerprint density at radius 1 is 0.969 bits per heavy atom. The van der Waals surface area contributed by atoms with Gasteiger partial charge in [-0.2, -0.15) is 5.10 Å². The van der Waals surface area contributed by atoms with Gasteiger partial charge in [0.25, 0.3) is 11.8 Å². The van der Waals surface area contributed by atoms with Crippen molar-refractivity contribution in [3.8, 4) is 22.8 Å². The summed E-state index contributed by atoms with van der Waals surface area (Å²) in [5, 5.41) is 5.67. The van der Waals surface area contributed by atoms with Crippen molar-refractivity contribution in [1.29, 1.82) is 0 Å². The van der Waals surface area contributed by atoms with Gasteiger partial charge in [-0.25, -0.2) is 14.6 Å². The molecule has 4 aromatic rings. The van der Waals surface area contributed by atoms with Gasteiger partial charge in [0.2, 0.25) is 0 Å². The minimum atomic E-state index is -0.478. The lowest BCUT2D eigenvalue weighted by atomic mass is 10.0. The maximum absolute atomic E-state index is 13.6. The lowest BCUT2D eigenvalue weighted by Crippen LogP contribution is -2.29. The molecule has 0 aliphatic carbocycles. The molecule has 0 bridgehead atoms. The number of ether oxygens (including phenoxy) is 2. The zero-order chi connectivity index (χ0) is 22.6. The van der Waals surface area contributed by atoms with Gasteiger partial charge >= 0.3 is 0 Å². The molecular formula is C23H17ClN4O4. The Labute approximate surface area is 187 Å². The molecule has 1 aliphatic heterocycles. The number of amides is 2. The highest BCUT2D eigenvalue weighted by Crippen LogP contribution is 2.40. The topological polar surface area (TPSA) is 86.5 Å². The molecule has 2 amide bonds. The van der Waals surface area contributed by atoms with Crippen LogP contribution in [0.25, 0.3) is 22.3 Å². The van der Waals surface area contributed by atoms with E-state index in [4.69, 9.17) is 21.1 Å². The molecule has 160 valence electrons. The van der Waals surface area contributed by atoms with Crippen LogP contribution in [-0.4, -0.2) is 40.8 Å². The number of anilines is 1. The second kappa shape index (κ2) is 7.35. The largest absolute Gasteiger partial charge is 0.497 e. The Morgan fingerprint density at radius 2 is 1.72 bits per heavy atom. The van der Waals surface area contributed by atoms with Crippen LogP contribution in [0.5, 0.6) is 11.5 Å². The first-order valence-corrected chi connectivity index (χ1v) is 10.0. The monoisotopic (exact) mass is 448 g/mol. The number of rotatable bonds is 4. The number of nitrogens with zero attached hydrogens (tertiary/aromatic N) is 4. The maximum atomic E-state index is 13.6. The summed E-state index contributed by atoms with van der Waals surface area (Å²) >= 11 is 6.03. The van der Waals surface area contributed by atoms with E-state index >= 15 is 0 Å². The number of methoxy groups -OCH3 is 2. The molecule has 32 heavy (non-hydrogen) atoms. The standard InChI is InChI=1S/C23H17ClN4O4/c1-27-21-19(20(26-27)12-4-6-13(24)7-5-12)18-15(11-25-21)22(29)28(23(18)30)16-9-8-14(31-2)10-17(16)32-3/h4-11H,1-3H3. The van der Waals surface area contributed by atoms with Gasteiger partial charge in [-0.15, -0.1) is 0 Å². The summed E-state index contributed by atoms with van der Waals surface area (Å²) in [5.74, 6) is -0.0615. The average Bonchev–Trinajstić information content (AvgIpc) is 3.27. The van der Waals surface area contributed by atoms with Crippen LogP contribution < -0.4 is 14.4 Å². The first-order chi connectivity index (χ1) is 15.4. The van der Waals surface area contributed by atoms with Crippen molar-refractivity contribution in [3.05, 3.63) is 64.8 Å². The number of hydrogen-bond acceptors (Lipinski definition) is 6. The highest BCUT2D eigenvalue weighted by Gasteiger charge is 2.41. The molecule has 8 nitrogen and oxygen atoms in total. The molecule has 3 heterocycles. The Hall–Kier alpha value is -3.91. The van der Waals surface area contributed by atoms with E-state index in [2.05, 4.69) is 10.1 Å². The molecule has 0 saturated carbocycles. The molecule has 2 aromatic heterocycles. The maximum Gasteiger partial charge on any atom is 0.267 e. The molecule has 2 aromatic carbocycles. The Kier molecular flexibility index (Phi) is 4.60. The van der Waals surface area contributed by atoms with Crippen molar-refractivity contribution in [3.63, 3.8) is 0 Å². The van der Waals surface area contributed by atoms with Crippen LogP contribution in [0, 0.1) is 0 Å². The van der Waals surface area contributed by atoms with Crippen molar-refractivity contribution >= 4 is 40.1 Å². The van der Waals surface area contributed by atoms with E-state index in [9.17, 15) is 9.59 Å². The molecule has 0 fully saturated rings. The molecule has 9 heteroatoms. The van der Waals surface area contributed by atoms with E-state index in [0.717, 1.165) is 10.5 Å². The van der Waals surface area contributed by atoms with Gasteiger partial charge < -0.3 is 9.47 Å². The zero-order valence-corrected chi connectivity index (χ0v) is 18.2. The van der Waals surface area contributed by atoms with Crippen LogP contribution in [0.1, 0.15) is 20.7 Å². The van der Waals surface area contributed by atoms with E-state index in [1.807, 2.05) is 12.1 Å². The summed E-state index contributed by atoms with van der Waals surface area (Å²) in [6.07, 6.45) is 1.42. The summed E-state index contributed by atoms with van der Waals surface area (Å²) < 4.78 is 12.2. The van der Waals surface area contributed by atoms with Crippen LogP contribution in [0.4, 0.5) is 5.69 Å². The minimum Gasteiger partial charge on any atom is -0.497 e. The van der Waals surface area contributed by atoms with Crippen molar-refractivity contribution in [2.24, 2.45) is 7.05 Å². The van der Waals surface area contributed by atoms with Gasteiger partial charge in [-0.1, -0.05) is 23.7 Å². The number of imide groups is 1. The first-order valence-electron chi connectivity index (χ1n) is 9.67. The first kappa shape index (κ1) is 20.0. The number of aryl methyl sites for hydroxylation is 1. The molecule has 0 unspecified atom stereocenters. The van der Waals surface area contributed by atoms with Crippen LogP contribution in [-0.2, 0) is 7.05 Å². The zero-order valence-electron chi connectivity index (χ0n) is 17.4. The number of hydrogen-bond donors (Lipinski definition) is 0. The average molecular weight is 449 g/mol. The number of fused-ring (bicyclic) bond motifs is 3. The van der Waals surface area contributed by atoms with Gasteiger partial charge in [-0.3, -0.25) is 9.59 Å². The molecule has 0 N–H and O–H groups in total. The lowest BCUT2D eigenvalue weighted by molar-refractivity contribution is 0.0925. The second-order valence-electron chi connectivity index (χ2n) is 7.21. The van der Waals surface area contributed by atoms with Crippen molar-refractivity contribution in [2.75, 3.05) is 19.1 Å². The van der Waals surface area contributed by atoms with Gasteiger partial charge in [0.1, 0.15) is 17.2 Å². The van der Waals surface area contributed by atoms with Crippen LogP contribution in [0.2, 0.25) is 5.02 Å². The number of carbonyl (C=O) groups is 2. The summed E-state index contributed by atoms with van der Waals surface area (Å²) in [5.41, 5.74) is 2.60. The van der Waals surface area contributed by atoms with E-state index in [1.54, 1.807) is 42.1 Å². The number of halogens is 1. The molecule has 0 spiro atoms. The molecule has 5 rings (SSSR count). The van der Waals surface area contributed by atoms with Crippen LogP contribution in [0.15, 0.2) is 48.7 Å². The predicted octanol–water partition coefficient (Wildman–Crippen LogP) is 4.11. The summed E-state index contributed by atoms with van der Waals surface area (Å²) in [4.78, 5) is 32.5. The third-order valence-electron chi connectivity index (χ3n) is 5.45. The Morgan fingerprint density at radius 3 is 2.41 bits per heavy atom. The van der Waals surface area contributed by atoms with Gasteiger partial charge in [-0.05, 0) is 24.3 Å². The van der Waals surface area contributed by atoms with Crippen molar-refractivity contribution in [1.82, 2.24) is 14.8 Å². The van der Waals surface area contributed by atoms with Gasteiger partial charge in [0.15, 0.2) is 5.65 Å². The summed E-state index contributed by atoms with van der Waals surface area (Å²) in [7, 11) is 4.74. The highest BCUT2D eigenvalue weighted by molar-refractivity contribution is 6.38. The predicted molar refractivity (Wildman–Crippen MR) is 120 cm³/mol. The normalized spacial score (nSPS) is 13.1. The number of carbonyl (C=O) groups excluding carboxylic acids is 2. The third-order valence-corrected chi connectivity index (χ3v) is 5.70. The molecule has 0 atom stereocenters. The Bertz CT molecular complexity index is 1410. The van der Waals surface area contributed by atoms with E-state index in [0.29, 0.717) is 38.9 Å². The van der Waals surface area contributed by atoms with Crippen LogP contribution >= 0.6 is 11.6 Å². The van der Waals surface area contributed by atoms with E-state index < -0.39 is 11.8 Å². The fourth-order valence-electron chi connectivity index (χ4n) is 3.93. The quantitative estimate of drug-likeness (QED) is 0.437. The fourth-order valence-corrected chi connectivity index (χ4v) is 4.05. The van der Waals surface area contributed by atoms with Gasteiger partial charge in [0, 0.05) is 29.9 Å². The van der Waals surface area contributed by atoms with Gasteiger partial charge in [0.05, 0.1) is 36.4 Å². The fraction of sp³-hybridized carbons (Fsp3) is 0.130. The number of aromatic nitrogens is 3. The third kappa shape index (κ3) is 2.84. The Balaban J connectivity index is 1.73. The summed E-state index contributed by atoms with van der Waals surface area (Å²) in [6, 6.07) is 12.0. The minimum absolute atomic E-state index is 0.212. The highest BCUT2D eigenvalue weighted by atomic mass is 35.5. The smallest absolute Gasteiger partial charge is 0.267 e. The molecular weight excluding hydrogens is 432 g/mol. The molecule has 0 radical (unpaired) electrons. The SMILES string of the molecule is COc1ccc(N2C(=O)c3cnc4c(c(-c5ccc(Cl)cc5)nn4C)c3C2=O)c(OC)c1. The second-order valence-corrected chi connectivity index (χ2v) is 7.64.